The van der Waals surface area contributed by atoms with E-state index in [9.17, 15) is 23.2 Å². The van der Waals surface area contributed by atoms with Crippen LogP contribution in [-0.4, -0.2) is 36.5 Å². The van der Waals surface area contributed by atoms with Crippen LogP contribution in [0.2, 0.25) is 0 Å². The van der Waals surface area contributed by atoms with E-state index >= 15 is 0 Å². The summed E-state index contributed by atoms with van der Waals surface area (Å²) in [7, 11) is -4.12. The summed E-state index contributed by atoms with van der Waals surface area (Å²) >= 11 is 0. The van der Waals surface area contributed by atoms with Crippen molar-refractivity contribution in [1.82, 2.24) is 4.31 Å². The van der Waals surface area contributed by atoms with Gasteiger partial charge in [0.2, 0.25) is 10.0 Å². The van der Waals surface area contributed by atoms with Gasteiger partial charge < -0.3 is 5.11 Å². The van der Waals surface area contributed by atoms with E-state index in [0.717, 1.165) is 40.4 Å². The number of hydrogen-bond acceptors (Lipinski definition) is 4. The topological polar surface area (TPSA) is 81.4 Å². The van der Waals surface area contributed by atoms with Crippen molar-refractivity contribution in [2.45, 2.75) is 42.7 Å². The molecule has 7 heteroatoms. The summed E-state index contributed by atoms with van der Waals surface area (Å²) in [6.07, 6.45) is 1.78. The highest BCUT2D eigenvalue weighted by atomic mass is 32.2. The van der Waals surface area contributed by atoms with Gasteiger partial charge in [-0.2, -0.15) is 9.57 Å². The number of benzene rings is 2. The second kappa shape index (κ2) is 8.75. The summed E-state index contributed by atoms with van der Waals surface area (Å²) in [6.45, 7) is 1.60. The molecule has 150 valence electrons. The summed E-state index contributed by atoms with van der Waals surface area (Å²) in [5.74, 6) is 4.94. The van der Waals surface area contributed by atoms with Crippen LogP contribution in [0.5, 0.6) is 0 Å². The minimum absolute atomic E-state index is 0.240. The van der Waals surface area contributed by atoms with Crippen molar-refractivity contribution in [3.8, 4) is 17.9 Å². The van der Waals surface area contributed by atoms with Gasteiger partial charge >= 0.3 is 0 Å². The van der Waals surface area contributed by atoms with E-state index in [1.54, 1.807) is 12.1 Å². The summed E-state index contributed by atoms with van der Waals surface area (Å²) < 4.78 is 40.4. The highest BCUT2D eigenvalue weighted by Crippen LogP contribution is 2.43. The Morgan fingerprint density at radius 3 is 2.52 bits per heavy atom. The first-order valence-electron chi connectivity index (χ1n) is 9.32. The fourth-order valence-corrected chi connectivity index (χ4v) is 5.31. The van der Waals surface area contributed by atoms with Crippen molar-refractivity contribution < 1.29 is 17.9 Å². The molecule has 3 atom stereocenters. The smallest absolute Gasteiger partial charge is 0.244 e. The average Bonchev–Trinajstić information content (AvgIpc) is 2.69. The van der Waals surface area contributed by atoms with Gasteiger partial charge in [-0.25, -0.2) is 12.8 Å². The largest absolute Gasteiger partial charge is 0.395 e. The lowest BCUT2D eigenvalue weighted by molar-refractivity contribution is 0.0556. The van der Waals surface area contributed by atoms with Crippen LogP contribution >= 0.6 is 0 Å². The highest BCUT2D eigenvalue weighted by Gasteiger charge is 2.55. The Balaban J connectivity index is 1.90. The number of sulfonamides is 1. The average molecular weight is 412 g/mol. The van der Waals surface area contributed by atoms with Gasteiger partial charge in [0, 0.05) is 17.9 Å². The molecule has 3 rings (SSSR count). The highest BCUT2D eigenvalue weighted by molar-refractivity contribution is 7.89. The second-order valence-electron chi connectivity index (χ2n) is 6.82. The molecule has 29 heavy (non-hydrogen) atoms. The van der Waals surface area contributed by atoms with Crippen LogP contribution in [0.4, 0.5) is 4.39 Å². The van der Waals surface area contributed by atoms with Crippen LogP contribution in [0, 0.1) is 29.0 Å². The zero-order chi connectivity index (χ0) is 21.0. The fraction of sp³-hybridized carbons (Fsp3) is 0.318. The molecular formula is C22H21FN2O3S. The molecule has 0 radical (unpaired) electrons. The van der Waals surface area contributed by atoms with E-state index in [2.05, 4.69) is 18.8 Å². The summed E-state index contributed by atoms with van der Waals surface area (Å²) in [5.41, 5.74) is 1.59. The van der Waals surface area contributed by atoms with Crippen molar-refractivity contribution in [1.29, 1.82) is 5.26 Å². The number of hydrogen-bond donors (Lipinski definition) is 1. The molecule has 1 heterocycles. The maximum absolute atomic E-state index is 13.5. The SMILES string of the molecule is CCCC#Cc1ccc([C@H]2[C@@H](CO)N(S(=O)(=O)c3cccc(F)c3)[C@H]2C#N)cc1. The molecule has 1 aliphatic heterocycles. The van der Waals surface area contributed by atoms with Crippen molar-refractivity contribution >= 4 is 10.0 Å². The van der Waals surface area contributed by atoms with Crippen LogP contribution < -0.4 is 0 Å². The molecule has 0 aromatic heterocycles. The third-order valence-electron chi connectivity index (χ3n) is 4.95. The van der Waals surface area contributed by atoms with Crippen LogP contribution in [0.1, 0.15) is 36.8 Å². The van der Waals surface area contributed by atoms with Gasteiger partial charge in [-0.05, 0) is 42.3 Å². The minimum Gasteiger partial charge on any atom is -0.395 e. The van der Waals surface area contributed by atoms with E-state index < -0.39 is 40.4 Å². The molecule has 1 fully saturated rings. The summed E-state index contributed by atoms with van der Waals surface area (Å²) in [5, 5.41) is 19.5. The van der Waals surface area contributed by atoms with Gasteiger partial charge in [0.15, 0.2) is 0 Å². The predicted octanol–water partition coefficient (Wildman–Crippen LogP) is 3.02. The summed E-state index contributed by atoms with van der Waals surface area (Å²) in [6, 6.07) is 12.1. The van der Waals surface area contributed by atoms with Gasteiger partial charge in [-0.15, -0.1) is 0 Å². The zero-order valence-corrected chi connectivity index (χ0v) is 16.7. The Morgan fingerprint density at radius 1 is 1.21 bits per heavy atom. The van der Waals surface area contributed by atoms with Crippen LogP contribution in [-0.2, 0) is 10.0 Å². The van der Waals surface area contributed by atoms with Gasteiger partial charge in [0.05, 0.1) is 23.6 Å². The fourth-order valence-electron chi connectivity index (χ4n) is 3.52. The molecular weight excluding hydrogens is 391 g/mol. The molecule has 1 N–H and O–H groups in total. The monoisotopic (exact) mass is 412 g/mol. The van der Waals surface area contributed by atoms with E-state index in [4.69, 9.17) is 0 Å². The first-order chi connectivity index (χ1) is 13.9. The van der Waals surface area contributed by atoms with Crippen molar-refractivity contribution in [2.24, 2.45) is 0 Å². The van der Waals surface area contributed by atoms with E-state index in [1.807, 2.05) is 18.2 Å². The lowest BCUT2D eigenvalue weighted by Crippen LogP contribution is -2.65. The standard InChI is InChI=1S/C22H21FN2O3S/c1-2-3-4-6-16-9-11-17(12-10-16)22-20(14-24)25(21(22)15-26)29(27,28)19-8-5-7-18(23)13-19/h5,7-13,20-22,26H,2-3,15H2,1H3/t20-,21+,22+/m0/s1. The van der Waals surface area contributed by atoms with E-state index in [1.165, 1.54) is 12.1 Å². The lowest BCUT2D eigenvalue weighted by Gasteiger charge is -2.50. The molecule has 2 aromatic rings. The van der Waals surface area contributed by atoms with Crippen LogP contribution in [0.15, 0.2) is 53.4 Å². The number of nitriles is 1. The lowest BCUT2D eigenvalue weighted by atomic mass is 9.78. The zero-order valence-electron chi connectivity index (χ0n) is 15.9. The molecule has 5 nitrogen and oxygen atoms in total. The number of unbranched alkanes of at least 4 members (excludes halogenated alkanes) is 1. The second-order valence-corrected chi connectivity index (χ2v) is 8.66. The first kappa shape index (κ1) is 21.0. The Bertz CT molecular complexity index is 1080. The maximum atomic E-state index is 13.5. The summed E-state index contributed by atoms with van der Waals surface area (Å²) in [4.78, 5) is -0.240. The Morgan fingerprint density at radius 2 is 1.93 bits per heavy atom. The normalized spacial score (nSPS) is 21.5. The predicted molar refractivity (Wildman–Crippen MR) is 107 cm³/mol. The molecule has 1 saturated heterocycles. The van der Waals surface area contributed by atoms with Crippen LogP contribution in [0.25, 0.3) is 0 Å². The third kappa shape index (κ3) is 4.04. The quantitative estimate of drug-likeness (QED) is 0.766. The number of aliphatic hydroxyl groups excluding tert-OH is 1. The van der Waals surface area contributed by atoms with E-state index in [0.29, 0.717) is 0 Å². The maximum Gasteiger partial charge on any atom is 0.244 e. The molecule has 0 spiro atoms. The molecule has 0 amide bonds. The van der Waals surface area contributed by atoms with Crippen molar-refractivity contribution in [3.05, 3.63) is 65.5 Å². The number of nitrogens with zero attached hydrogens (tertiary/aromatic N) is 2. The van der Waals surface area contributed by atoms with Crippen LogP contribution in [0.3, 0.4) is 0 Å². The third-order valence-corrected chi connectivity index (χ3v) is 6.85. The van der Waals surface area contributed by atoms with Crippen molar-refractivity contribution in [3.63, 3.8) is 0 Å². The number of halogens is 1. The Labute approximate surface area is 170 Å². The molecule has 1 aliphatic rings. The Hall–Kier alpha value is -2.71. The molecule has 2 aromatic carbocycles. The molecule has 0 saturated carbocycles. The number of rotatable bonds is 5. The minimum atomic E-state index is -4.12. The van der Waals surface area contributed by atoms with Gasteiger partial charge in [-0.3, -0.25) is 0 Å². The van der Waals surface area contributed by atoms with Gasteiger partial charge in [0.25, 0.3) is 0 Å². The molecule has 0 bridgehead atoms. The number of aliphatic hydroxyl groups is 1. The molecule has 0 unspecified atom stereocenters. The van der Waals surface area contributed by atoms with Crippen molar-refractivity contribution in [2.75, 3.05) is 6.61 Å². The molecule has 0 aliphatic carbocycles. The van der Waals surface area contributed by atoms with Gasteiger partial charge in [-0.1, -0.05) is 37.0 Å². The van der Waals surface area contributed by atoms with Gasteiger partial charge in [0.1, 0.15) is 11.9 Å². The van der Waals surface area contributed by atoms with E-state index in [-0.39, 0.29) is 4.90 Å². The Kier molecular flexibility index (Phi) is 6.34. The first-order valence-corrected chi connectivity index (χ1v) is 10.8.